The molecule has 1 aromatic carbocycles. The topological polar surface area (TPSA) is 55.8 Å². The first kappa shape index (κ1) is 12.5. The van der Waals surface area contributed by atoms with Crippen LogP contribution in [0.3, 0.4) is 0 Å². The molecule has 1 fully saturated rings. The van der Waals surface area contributed by atoms with Crippen LogP contribution in [0.2, 0.25) is 0 Å². The van der Waals surface area contributed by atoms with Crippen molar-refractivity contribution in [3.63, 3.8) is 0 Å². The maximum atomic E-state index is 10.5. The van der Waals surface area contributed by atoms with Crippen LogP contribution in [0.25, 0.3) is 0 Å². The molecule has 4 nitrogen and oxygen atoms in total. The van der Waals surface area contributed by atoms with Gasteiger partial charge in [0.1, 0.15) is 0 Å². The van der Waals surface area contributed by atoms with Gasteiger partial charge in [0.2, 0.25) is 0 Å². The Bertz CT molecular complexity index is 407. The SMILES string of the molecule is O=C(O)CC1COC(Cc2cccc(Br)c2)O1. The number of rotatable bonds is 4. The van der Waals surface area contributed by atoms with Gasteiger partial charge in [0.25, 0.3) is 0 Å². The van der Waals surface area contributed by atoms with Crippen molar-refractivity contribution in [2.75, 3.05) is 6.61 Å². The van der Waals surface area contributed by atoms with E-state index in [2.05, 4.69) is 15.9 Å². The molecule has 1 aromatic rings. The highest BCUT2D eigenvalue weighted by atomic mass is 79.9. The Morgan fingerprint density at radius 2 is 2.35 bits per heavy atom. The van der Waals surface area contributed by atoms with Crippen molar-refractivity contribution in [3.8, 4) is 0 Å². The molecule has 2 atom stereocenters. The summed E-state index contributed by atoms with van der Waals surface area (Å²) in [6.45, 7) is 0.352. The molecule has 2 rings (SSSR count). The van der Waals surface area contributed by atoms with E-state index in [1.807, 2.05) is 24.3 Å². The normalized spacial score (nSPS) is 23.8. The van der Waals surface area contributed by atoms with Gasteiger partial charge >= 0.3 is 5.97 Å². The number of ether oxygens (including phenoxy) is 2. The first-order valence-electron chi connectivity index (χ1n) is 5.37. The van der Waals surface area contributed by atoms with E-state index in [4.69, 9.17) is 14.6 Å². The van der Waals surface area contributed by atoms with Crippen LogP contribution in [-0.2, 0) is 20.7 Å². The zero-order valence-corrected chi connectivity index (χ0v) is 10.7. The number of carbonyl (C=O) groups is 1. The van der Waals surface area contributed by atoms with Crippen LogP contribution in [0.4, 0.5) is 0 Å². The molecule has 1 aliphatic rings. The molecule has 1 N–H and O–H groups in total. The van der Waals surface area contributed by atoms with Crippen LogP contribution in [-0.4, -0.2) is 30.1 Å². The van der Waals surface area contributed by atoms with E-state index in [-0.39, 0.29) is 18.8 Å². The molecule has 0 saturated carbocycles. The minimum atomic E-state index is -0.860. The summed E-state index contributed by atoms with van der Waals surface area (Å²) in [5, 5.41) is 8.64. The van der Waals surface area contributed by atoms with Gasteiger partial charge < -0.3 is 14.6 Å². The fraction of sp³-hybridized carbons (Fsp3) is 0.417. The molecule has 1 heterocycles. The lowest BCUT2D eigenvalue weighted by Gasteiger charge is -2.10. The molecule has 0 spiro atoms. The highest BCUT2D eigenvalue weighted by molar-refractivity contribution is 9.10. The third-order valence-corrected chi connectivity index (χ3v) is 3.00. The molecule has 1 saturated heterocycles. The minimum absolute atomic E-state index is 0.00498. The Kier molecular flexibility index (Phi) is 4.15. The van der Waals surface area contributed by atoms with Gasteiger partial charge in [-0.2, -0.15) is 0 Å². The van der Waals surface area contributed by atoms with E-state index < -0.39 is 5.97 Å². The zero-order valence-electron chi connectivity index (χ0n) is 9.14. The smallest absolute Gasteiger partial charge is 0.306 e. The van der Waals surface area contributed by atoms with E-state index in [0.29, 0.717) is 13.0 Å². The summed E-state index contributed by atoms with van der Waals surface area (Å²) in [6.07, 6.45) is -0.0387. The number of carboxylic acid groups (broad SMARTS) is 1. The summed E-state index contributed by atoms with van der Waals surface area (Å²) in [5.74, 6) is -0.860. The fourth-order valence-corrected chi connectivity index (χ4v) is 2.22. The van der Waals surface area contributed by atoms with E-state index in [0.717, 1.165) is 10.0 Å². The van der Waals surface area contributed by atoms with Crippen molar-refractivity contribution in [3.05, 3.63) is 34.3 Å². The molecule has 5 heteroatoms. The molecule has 0 bridgehead atoms. The van der Waals surface area contributed by atoms with Crippen molar-refractivity contribution < 1.29 is 19.4 Å². The number of hydrogen-bond donors (Lipinski definition) is 1. The summed E-state index contributed by atoms with van der Waals surface area (Å²) in [6, 6.07) is 7.88. The van der Waals surface area contributed by atoms with Crippen molar-refractivity contribution in [2.24, 2.45) is 0 Å². The number of hydrogen-bond acceptors (Lipinski definition) is 3. The lowest BCUT2D eigenvalue weighted by molar-refractivity contribution is -0.140. The van der Waals surface area contributed by atoms with E-state index in [1.54, 1.807) is 0 Å². The molecule has 0 radical (unpaired) electrons. The Labute approximate surface area is 108 Å². The van der Waals surface area contributed by atoms with Crippen LogP contribution in [0.1, 0.15) is 12.0 Å². The second-order valence-electron chi connectivity index (χ2n) is 3.95. The molecule has 0 aromatic heterocycles. The van der Waals surface area contributed by atoms with Crippen molar-refractivity contribution in [1.29, 1.82) is 0 Å². The highest BCUT2D eigenvalue weighted by Gasteiger charge is 2.27. The molecule has 0 amide bonds. The third kappa shape index (κ3) is 3.80. The second kappa shape index (κ2) is 5.62. The van der Waals surface area contributed by atoms with Crippen LogP contribution in [0, 0.1) is 0 Å². The Balaban J connectivity index is 1.87. The summed E-state index contributed by atoms with van der Waals surface area (Å²) in [7, 11) is 0. The van der Waals surface area contributed by atoms with Gasteiger partial charge in [0.15, 0.2) is 6.29 Å². The Morgan fingerprint density at radius 1 is 1.53 bits per heavy atom. The standard InChI is InChI=1S/C12H13BrO4/c13-9-3-1-2-8(4-9)5-12-16-7-10(17-12)6-11(14)15/h1-4,10,12H,5-7H2,(H,14,15). The predicted octanol–water partition coefficient (Wildman–Crippen LogP) is 2.21. The monoisotopic (exact) mass is 300 g/mol. The highest BCUT2D eigenvalue weighted by Crippen LogP contribution is 2.20. The largest absolute Gasteiger partial charge is 0.481 e. The maximum Gasteiger partial charge on any atom is 0.306 e. The zero-order chi connectivity index (χ0) is 12.3. The number of halogens is 1. The van der Waals surface area contributed by atoms with Crippen LogP contribution >= 0.6 is 15.9 Å². The average Bonchev–Trinajstić information content (AvgIpc) is 2.64. The minimum Gasteiger partial charge on any atom is -0.481 e. The van der Waals surface area contributed by atoms with Gasteiger partial charge in [-0.3, -0.25) is 4.79 Å². The first-order chi connectivity index (χ1) is 8.13. The summed E-state index contributed by atoms with van der Waals surface area (Å²) < 4.78 is 11.9. The molecular formula is C12H13BrO4. The predicted molar refractivity (Wildman–Crippen MR) is 64.7 cm³/mol. The summed E-state index contributed by atoms with van der Waals surface area (Å²) in [4.78, 5) is 10.5. The molecule has 92 valence electrons. The fourth-order valence-electron chi connectivity index (χ4n) is 1.77. The lowest BCUT2D eigenvalue weighted by atomic mass is 10.1. The van der Waals surface area contributed by atoms with Gasteiger partial charge in [0.05, 0.1) is 19.1 Å². The van der Waals surface area contributed by atoms with Gasteiger partial charge in [-0.25, -0.2) is 0 Å². The van der Waals surface area contributed by atoms with Crippen molar-refractivity contribution >= 4 is 21.9 Å². The van der Waals surface area contributed by atoms with E-state index in [1.165, 1.54) is 0 Å². The Morgan fingerprint density at radius 3 is 3.06 bits per heavy atom. The maximum absolute atomic E-state index is 10.5. The molecular weight excluding hydrogens is 288 g/mol. The van der Waals surface area contributed by atoms with Gasteiger partial charge in [0, 0.05) is 10.9 Å². The van der Waals surface area contributed by atoms with Gasteiger partial charge in [-0.1, -0.05) is 28.1 Å². The second-order valence-corrected chi connectivity index (χ2v) is 4.87. The number of benzene rings is 1. The molecule has 0 aliphatic carbocycles. The summed E-state index contributed by atoms with van der Waals surface area (Å²) >= 11 is 3.40. The van der Waals surface area contributed by atoms with Crippen molar-refractivity contribution in [2.45, 2.75) is 25.2 Å². The van der Waals surface area contributed by atoms with Gasteiger partial charge in [-0.05, 0) is 17.7 Å². The van der Waals surface area contributed by atoms with Crippen LogP contribution < -0.4 is 0 Å². The molecule has 1 aliphatic heterocycles. The van der Waals surface area contributed by atoms with Gasteiger partial charge in [-0.15, -0.1) is 0 Å². The third-order valence-electron chi connectivity index (χ3n) is 2.51. The number of carboxylic acids is 1. The van der Waals surface area contributed by atoms with Crippen LogP contribution in [0.15, 0.2) is 28.7 Å². The molecule has 17 heavy (non-hydrogen) atoms. The quantitative estimate of drug-likeness (QED) is 0.926. The van der Waals surface area contributed by atoms with E-state index >= 15 is 0 Å². The van der Waals surface area contributed by atoms with Crippen LogP contribution in [0.5, 0.6) is 0 Å². The average molecular weight is 301 g/mol. The first-order valence-corrected chi connectivity index (χ1v) is 6.16. The Hall–Kier alpha value is -0.910. The van der Waals surface area contributed by atoms with E-state index in [9.17, 15) is 4.79 Å². The number of aliphatic carboxylic acids is 1. The lowest BCUT2D eigenvalue weighted by Crippen LogP contribution is -2.17. The summed E-state index contributed by atoms with van der Waals surface area (Å²) in [5.41, 5.74) is 1.10. The molecule has 2 unspecified atom stereocenters. The van der Waals surface area contributed by atoms with Crippen molar-refractivity contribution in [1.82, 2.24) is 0 Å².